The molecule has 0 spiro atoms. The summed E-state index contributed by atoms with van der Waals surface area (Å²) in [5, 5.41) is 8.56. The topological polar surface area (TPSA) is 63.3 Å². The van der Waals surface area contributed by atoms with Gasteiger partial charge in [-0.2, -0.15) is 0 Å². The number of hydrogen-bond acceptors (Lipinski definition) is 2. The van der Waals surface area contributed by atoms with Crippen molar-refractivity contribution in [2.24, 2.45) is 5.73 Å². The summed E-state index contributed by atoms with van der Waals surface area (Å²) in [5.41, 5.74) is 5.40. The Hall–Kier alpha value is -0.610. The van der Waals surface area contributed by atoms with Crippen molar-refractivity contribution in [3.63, 3.8) is 0 Å². The molecule has 15 heavy (non-hydrogen) atoms. The number of carboxylic acids is 1. The Morgan fingerprint density at radius 2 is 1.73 bits per heavy atom. The molecule has 0 aromatic rings. The SMILES string of the molecule is C[N+](C)(C)CCCCCC[C@@H](N)C(=O)O. The zero-order valence-corrected chi connectivity index (χ0v) is 10.2. The maximum absolute atomic E-state index is 10.4. The van der Waals surface area contributed by atoms with E-state index in [0.717, 1.165) is 17.3 Å². The Labute approximate surface area is 92.7 Å². The van der Waals surface area contributed by atoms with Gasteiger partial charge in [0.05, 0.1) is 27.7 Å². The lowest BCUT2D eigenvalue weighted by molar-refractivity contribution is -0.870. The van der Waals surface area contributed by atoms with E-state index in [0.29, 0.717) is 6.42 Å². The molecule has 4 nitrogen and oxygen atoms in total. The van der Waals surface area contributed by atoms with Crippen molar-refractivity contribution in [2.45, 2.75) is 38.1 Å². The molecule has 0 aliphatic heterocycles. The van der Waals surface area contributed by atoms with Crippen LogP contribution in [-0.2, 0) is 4.79 Å². The number of carbonyl (C=O) groups is 1. The third kappa shape index (κ3) is 9.69. The lowest BCUT2D eigenvalue weighted by atomic mass is 10.1. The smallest absolute Gasteiger partial charge is 0.320 e. The Morgan fingerprint density at radius 3 is 2.20 bits per heavy atom. The van der Waals surface area contributed by atoms with Gasteiger partial charge in [-0.3, -0.25) is 4.79 Å². The molecule has 0 fully saturated rings. The highest BCUT2D eigenvalue weighted by atomic mass is 16.4. The Morgan fingerprint density at radius 1 is 1.20 bits per heavy atom. The third-order valence-electron chi connectivity index (χ3n) is 2.41. The highest BCUT2D eigenvalue weighted by Gasteiger charge is 2.10. The standard InChI is InChI=1S/C11H24N2O2/c1-13(2,3)9-7-5-4-6-8-10(12)11(14)15/h10H,4-9,12H2,1-3H3/p+1/t10-/m1/s1. The van der Waals surface area contributed by atoms with Crippen LogP contribution in [0.5, 0.6) is 0 Å². The van der Waals surface area contributed by atoms with Crippen LogP contribution >= 0.6 is 0 Å². The van der Waals surface area contributed by atoms with E-state index in [1.54, 1.807) is 0 Å². The van der Waals surface area contributed by atoms with Gasteiger partial charge in [-0.05, 0) is 19.3 Å². The van der Waals surface area contributed by atoms with Gasteiger partial charge in [0.1, 0.15) is 6.04 Å². The summed E-state index contributed by atoms with van der Waals surface area (Å²) < 4.78 is 0.995. The van der Waals surface area contributed by atoms with E-state index in [1.165, 1.54) is 19.4 Å². The predicted molar refractivity (Wildman–Crippen MR) is 61.6 cm³/mol. The van der Waals surface area contributed by atoms with E-state index >= 15 is 0 Å². The quantitative estimate of drug-likeness (QED) is 0.472. The molecular weight excluding hydrogens is 192 g/mol. The van der Waals surface area contributed by atoms with Crippen LogP contribution in [0.3, 0.4) is 0 Å². The summed E-state index contributed by atoms with van der Waals surface area (Å²) in [5.74, 6) is -0.888. The molecule has 0 bridgehead atoms. The van der Waals surface area contributed by atoms with E-state index in [4.69, 9.17) is 10.8 Å². The number of quaternary nitrogens is 1. The van der Waals surface area contributed by atoms with Crippen molar-refractivity contribution >= 4 is 5.97 Å². The van der Waals surface area contributed by atoms with Gasteiger partial charge in [-0.1, -0.05) is 12.8 Å². The molecule has 0 aromatic carbocycles. The minimum Gasteiger partial charge on any atom is -0.480 e. The summed E-state index contributed by atoms with van der Waals surface area (Å²) in [4.78, 5) is 10.4. The molecule has 1 atom stereocenters. The molecule has 0 saturated carbocycles. The first kappa shape index (κ1) is 14.4. The average molecular weight is 217 g/mol. The normalized spacial score (nSPS) is 13.9. The molecule has 0 unspecified atom stereocenters. The van der Waals surface area contributed by atoms with Gasteiger partial charge in [0.25, 0.3) is 0 Å². The van der Waals surface area contributed by atoms with E-state index in [2.05, 4.69) is 21.1 Å². The zero-order chi connectivity index (χ0) is 11.9. The minimum atomic E-state index is -0.888. The third-order valence-corrected chi connectivity index (χ3v) is 2.41. The number of rotatable bonds is 8. The number of unbranched alkanes of at least 4 members (excludes halogenated alkanes) is 3. The van der Waals surface area contributed by atoms with Crippen LogP contribution in [0.4, 0.5) is 0 Å². The van der Waals surface area contributed by atoms with Crippen molar-refractivity contribution in [2.75, 3.05) is 27.7 Å². The van der Waals surface area contributed by atoms with Crippen LogP contribution in [0.15, 0.2) is 0 Å². The van der Waals surface area contributed by atoms with Gasteiger partial charge in [0.2, 0.25) is 0 Å². The Balaban J connectivity index is 3.29. The molecule has 90 valence electrons. The van der Waals surface area contributed by atoms with Gasteiger partial charge in [-0.15, -0.1) is 0 Å². The molecule has 0 amide bonds. The first-order valence-electron chi connectivity index (χ1n) is 5.62. The van der Waals surface area contributed by atoms with Gasteiger partial charge >= 0.3 is 5.97 Å². The van der Waals surface area contributed by atoms with Gasteiger partial charge in [0, 0.05) is 0 Å². The maximum Gasteiger partial charge on any atom is 0.320 e. The summed E-state index contributed by atoms with van der Waals surface area (Å²) in [7, 11) is 6.54. The fourth-order valence-electron chi connectivity index (χ4n) is 1.43. The van der Waals surface area contributed by atoms with Crippen LogP contribution in [0.2, 0.25) is 0 Å². The van der Waals surface area contributed by atoms with Crippen LogP contribution in [-0.4, -0.2) is 49.3 Å². The average Bonchev–Trinajstić information content (AvgIpc) is 2.08. The van der Waals surface area contributed by atoms with Crippen molar-refractivity contribution in [1.82, 2.24) is 0 Å². The first-order valence-corrected chi connectivity index (χ1v) is 5.62. The van der Waals surface area contributed by atoms with E-state index in [-0.39, 0.29) is 0 Å². The zero-order valence-electron chi connectivity index (χ0n) is 10.2. The minimum absolute atomic E-state index is 0.597. The second-order valence-electron chi connectivity index (χ2n) is 5.16. The van der Waals surface area contributed by atoms with E-state index in [9.17, 15) is 4.79 Å². The summed E-state index contributed by atoms with van der Waals surface area (Å²) in [6, 6.07) is -0.677. The molecule has 0 radical (unpaired) electrons. The van der Waals surface area contributed by atoms with Gasteiger partial charge in [-0.25, -0.2) is 0 Å². The summed E-state index contributed by atoms with van der Waals surface area (Å²) >= 11 is 0. The van der Waals surface area contributed by atoms with Crippen LogP contribution in [0, 0.1) is 0 Å². The highest BCUT2D eigenvalue weighted by molar-refractivity contribution is 5.72. The van der Waals surface area contributed by atoms with Crippen LogP contribution in [0.25, 0.3) is 0 Å². The number of hydrogen-bond donors (Lipinski definition) is 2. The Kier molecular flexibility index (Phi) is 6.52. The fourth-order valence-corrected chi connectivity index (χ4v) is 1.43. The molecule has 3 N–H and O–H groups in total. The molecule has 4 heteroatoms. The molecular formula is C11H25N2O2+. The largest absolute Gasteiger partial charge is 0.480 e. The second kappa shape index (κ2) is 6.80. The molecule has 0 aromatic heterocycles. The number of carboxylic acid groups (broad SMARTS) is 1. The van der Waals surface area contributed by atoms with Crippen molar-refractivity contribution in [3.05, 3.63) is 0 Å². The van der Waals surface area contributed by atoms with Crippen molar-refractivity contribution < 1.29 is 14.4 Å². The highest BCUT2D eigenvalue weighted by Crippen LogP contribution is 2.06. The fraction of sp³-hybridized carbons (Fsp3) is 0.909. The Bertz CT molecular complexity index is 188. The van der Waals surface area contributed by atoms with Crippen LogP contribution < -0.4 is 5.73 Å². The summed E-state index contributed by atoms with van der Waals surface area (Å²) in [6.45, 7) is 1.17. The first-order chi connectivity index (χ1) is 6.83. The molecule has 0 aliphatic rings. The number of nitrogens with two attached hydrogens (primary N) is 1. The maximum atomic E-state index is 10.4. The molecule has 0 rings (SSSR count). The van der Waals surface area contributed by atoms with E-state index in [1.807, 2.05) is 0 Å². The summed E-state index contributed by atoms with van der Waals surface area (Å²) in [6.07, 6.45) is 4.97. The van der Waals surface area contributed by atoms with E-state index < -0.39 is 12.0 Å². The van der Waals surface area contributed by atoms with Gasteiger partial charge < -0.3 is 15.3 Å². The second-order valence-corrected chi connectivity index (χ2v) is 5.16. The predicted octanol–water partition coefficient (Wildman–Crippen LogP) is 1.06. The lowest BCUT2D eigenvalue weighted by Crippen LogP contribution is -2.35. The van der Waals surface area contributed by atoms with Crippen LogP contribution in [0.1, 0.15) is 32.1 Å². The number of aliphatic carboxylic acids is 1. The molecule has 0 saturated heterocycles. The molecule has 0 heterocycles. The number of nitrogens with zero attached hydrogens (tertiary/aromatic N) is 1. The monoisotopic (exact) mass is 217 g/mol. The molecule has 0 aliphatic carbocycles. The lowest BCUT2D eigenvalue weighted by Gasteiger charge is -2.23. The van der Waals surface area contributed by atoms with Crippen molar-refractivity contribution in [3.8, 4) is 0 Å². The van der Waals surface area contributed by atoms with Gasteiger partial charge in [0.15, 0.2) is 0 Å². The van der Waals surface area contributed by atoms with Crippen molar-refractivity contribution in [1.29, 1.82) is 0 Å².